The average molecular weight is 437 g/mol. The molecule has 2 N–H and O–H groups in total. The van der Waals surface area contributed by atoms with Gasteiger partial charge in [0.15, 0.2) is 0 Å². The van der Waals surface area contributed by atoms with Gasteiger partial charge in [-0.2, -0.15) is 0 Å². The maximum Gasteiger partial charge on any atom is 0.261 e. The third-order valence-electron chi connectivity index (χ3n) is 3.64. The molecular formula is C18H14Cl2N4O3S. The summed E-state index contributed by atoms with van der Waals surface area (Å²) in [6.07, 6.45) is 1.29. The van der Waals surface area contributed by atoms with Gasteiger partial charge in [0.2, 0.25) is 5.91 Å². The van der Waals surface area contributed by atoms with Crippen LogP contribution in [0.15, 0.2) is 58.5 Å². The van der Waals surface area contributed by atoms with Crippen molar-refractivity contribution in [3.05, 3.63) is 69.2 Å². The number of hydrogen-bond acceptors (Lipinski definition) is 5. The molecule has 144 valence electrons. The molecule has 2 amide bonds. The number of amides is 2. The number of nitrogens with zero attached hydrogens (tertiary/aromatic N) is 2. The number of para-hydroxylation sites is 1. The first-order valence-electron chi connectivity index (χ1n) is 8.04. The summed E-state index contributed by atoms with van der Waals surface area (Å²) in [6.45, 7) is -0.274. The predicted octanol–water partition coefficient (Wildman–Crippen LogP) is 2.64. The van der Waals surface area contributed by atoms with E-state index in [1.165, 1.54) is 22.7 Å². The standard InChI is InChI=1S/C18H14Cl2N4O3S/c19-11-5-6-13(20)15(7-11)28-9-17(26)23-22-16(25)8-24-10-21-14-4-2-1-3-12(14)18(24)27/h1-7,10H,8-9H2,(H,22,25)(H,23,26). The summed E-state index contributed by atoms with van der Waals surface area (Å²) in [5, 5.41) is 1.40. The van der Waals surface area contributed by atoms with Crippen LogP contribution in [0.1, 0.15) is 0 Å². The minimum Gasteiger partial charge on any atom is -0.289 e. The number of thioether (sulfide) groups is 1. The Morgan fingerprint density at radius 2 is 1.82 bits per heavy atom. The normalized spacial score (nSPS) is 10.6. The maximum absolute atomic E-state index is 12.3. The SMILES string of the molecule is O=C(CSc1cc(Cl)ccc1Cl)NNC(=O)Cn1cnc2ccccc2c1=O. The first kappa shape index (κ1) is 20.2. The molecule has 2 aromatic carbocycles. The smallest absolute Gasteiger partial charge is 0.261 e. The number of hydrogen-bond donors (Lipinski definition) is 2. The van der Waals surface area contributed by atoms with Crippen LogP contribution in [0.2, 0.25) is 10.0 Å². The molecule has 0 spiro atoms. The Kier molecular flexibility index (Phi) is 6.56. The number of hydrazine groups is 1. The van der Waals surface area contributed by atoms with Crippen LogP contribution in [0, 0.1) is 0 Å². The second-order valence-electron chi connectivity index (χ2n) is 5.65. The molecule has 0 bridgehead atoms. The summed E-state index contributed by atoms with van der Waals surface area (Å²) in [4.78, 5) is 41.1. The van der Waals surface area contributed by atoms with Crippen molar-refractivity contribution in [3.63, 3.8) is 0 Å². The fourth-order valence-electron chi connectivity index (χ4n) is 2.32. The van der Waals surface area contributed by atoms with Crippen LogP contribution in [0.4, 0.5) is 0 Å². The zero-order valence-corrected chi connectivity index (χ0v) is 16.6. The molecule has 0 saturated carbocycles. The fourth-order valence-corrected chi connectivity index (χ4v) is 3.61. The van der Waals surface area contributed by atoms with E-state index in [1.807, 2.05) is 0 Å². The molecule has 0 aliphatic carbocycles. The quantitative estimate of drug-likeness (QED) is 0.473. The summed E-state index contributed by atoms with van der Waals surface area (Å²) < 4.78 is 1.17. The van der Waals surface area contributed by atoms with Crippen molar-refractivity contribution in [1.29, 1.82) is 0 Å². The largest absolute Gasteiger partial charge is 0.289 e. The van der Waals surface area contributed by atoms with E-state index >= 15 is 0 Å². The van der Waals surface area contributed by atoms with E-state index in [9.17, 15) is 14.4 Å². The fraction of sp³-hybridized carbons (Fsp3) is 0.111. The van der Waals surface area contributed by atoms with Gasteiger partial charge in [0, 0.05) is 9.92 Å². The zero-order chi connectivity index (χ0) is 20.1. The summed E-state index contributed by atoms with van der Waals surface area (Å²) in [7, 11) is 0. The molecule has 1 heterocycles. The molecule has 3 aromatic rings. The molecule has 0 saturated heterocycles. The van der Waals surface area contributed by atoms with Crippen molar-refractivity contribution < 1.29 is 9.59 Å². The van der Waals surface area contributed by atoms with Crippen LogP contribution < -0.4 is 16.4 Å². The number of carbonyl (C=O) groups excluding carboxylic acids is 2. The maximum atomic E-state index is 12.3. The van der Waals surface area contributed by atoms with Crippen LogP contribution in [0.3, 0.4) is 0 Å². The van der Waals surface area contributed by atoms with Gasteiger partial charge in [0.05, 0.1) is 28.0 Å². The van der Waals surface area contributed by atoms with Crippen LogP contribution in [0.5, 0.6) is 0 Å². The number of rotatable bonds is 5. The minimum absolute atomic E-state index is 0.0256. The highest BCUT2D eigenvalue weighted by molar-refractivity contribution is 8.00. The lowest BCUT2D eigenvalue weighted by Crippen LogP contribution is -2.44. The topological polar surface area (TPSA) is 93.1 Å². The van der Waals surface area contributed by atoms with Crippen LogP contribution in [-0.2, 0) is 16.1 Å². The molecule has 0 unspecified atom stereocenters. The summed E-state index contributed by atoms with van der Waals surface area (Å²) in [5.74, 6) is -0.964. The Hall–Kier alpha value is -2.55. The van der Waals surface area contributed by atoms with Gasteiger partial charge in [0.25, 0.3) is 11.5 Å². The van der Waals surface area contributed by atoms with Gasteiger partial charge in [-0.1, -0.05) is 35.3 Å². The van der Waals surface area contributed by atoms with Crippen molar-refractivity contribution in [2.45, 2.75) is 11.4 Å². The van der Waals surface area contributed by atoms with Crippen molar-refractivity contribution in [2.24, 2.45) is 0 Å². The van der Waals surface area contributed by atoms with Gasteiger partial charge in [-0.25, -0.2) is 4.98 Å². The summed E-state index contributed by atoms with van der Waals surface area (Å²) in [5.41, 5.74) is 4.78. The second kappa shape index (κ2) is 9.09. The molecule has 7 nitrogen and oxygen atoms in total. The van der Waals surface area contributed by atoms with Gasteiger partial charge in [-0.15, -0.1) is 11.8 Å². The minimum atomic E-state index is -0.557. The van der Waals surface area contributed by atoms with E-state index in [0.717, 1.165) is 0 Å². The highest BCUT2D eigenvalue weighted by atomic mass is 35.5. The average Bonchev–Trinajstić information content (AvgIpc) is 2.69. The molecular weight excluding hydrogens is 423 g/mol. The molecule has 0 aliphatic rings. The van der Waals surface area contributed by atoms with Gasteiger partial charge in [0.1, 0.15) is 6.54 Å². The van der Waals surface area contributed by atoms with Crippen LogP contribution in [0.25, 0.3) is 10.9 Å². The zero-order valence-electron chi connectivity index (χ0n) is 14.3. The Balaban J connectivity index is 1.53. The Morgan fingerprint density at radius 3 is 2.64 bits per heavy atom. The van der Waals surface area contributed by atoms with Gasteiger partial charge >= 0.3 is 0 Å². The third-order valence-corrected chi connectivity index (χ3v) is 5.37. The molecule has 0 fully saturated rings. The lowest BCUT2D eigenvalue weighted by molar-refractivity contribution is -0.128. The van der Waals surface area contributed by atoms with E-state index in [4.69, 9.17) is 23.2 Å². The number of fused-ring (bicyclic) bond motifs is 1. The Labute approximate surface area is 174 Å². The Bertz CT molecular complexity index is 1100. The number of halogens is 2. The summed E-state index contributed by atoms with van der Waals surface area (Å²) in [6, 6.07) is 11.8. The highest BCUT2D eigenvalue weighted by Gasteiger charge is 2.10. The highest BCUT2D eigenvalue weighted by Crippen LogP contribution is 2.29. The van der Waals surface area contributed by atoms with Crippen molar-refractivity contribution in [1.82, 2.24) is 20.4 Å². The molecule has 28 heavy (non-hydrogen) atoms. The van der Waals surface area contributed by atoms with E-state index in [0.29, 0.717) is 25.8 Å². The van der Waals surface area contributed by atoms with E-state index in [2.05, 4.69) is 15.8 Å². The summed E-state index contributed by atoms with van der Waals surface area (Å²) >= 11 is 13.1. The first-order chi connectivity index (χ1) is 13.4. The van der Waals surface area contributed by atoms with Crippen molar-refractivity contribution >= 4 is 57.7 Å². The van der Waals surface area contributed by atoms with Crippen LogP contribution in [-0.4, -0.2) is 27.1 Å². The Morgan fingerprint density at radius 1 is 1.07 bits per heavy atom. The van der Waals surface area contributed by atoms with Crippen molar-refractivity contribution in [3.8, 4) is 0 Å². The van der Waals surface area contributed by atoms with E-state index in [-0.39, 0.29) is 17.9 Å². The lowest BCUT2D eigenvalue weighted by atomic mass is 10.2. The first-order valence-corrected chi connectivity index (χ1v) is 9.78. The van der Waals surface area contributed by atoms with Crippen LogP contribution >= 0.6 is 35.0 Å². The molecule has 0 atom stereocenters. The third kappa shape index (κ3) is 5.03. The van der Waals surface area contributed by atoms with Gasteiger partial charge < -0.3 is 0 Å². The molecule has 10 heteroatoms. The number of carbonyl (C=O) groups is 2. The predicted molar refractivity (Wildman–Crippen MR) is 109 cm³/mol. The number of nitrogens with one attached hydrogen (secondary N) is 2. The molecule has 1 aromatic heterocycles. The second-order valence-corrected chi connectivity index (χ2v) is 7.52. The monoisotopic (exact) mass is 436 g/mol. The van der Waals surface area contributed by atoms with Gasteiger partial charge in [-0.3, -0.25) is 29.8 Å². The molecule has 0 aliphatic heterocycles. The molecule has 3 rings (SSSR count). The lowest BCUT2D eigenvalue weighted by Gasteiger charge is -2.09. The van der Waals surface area contributed by atoms with Gasteiger partial charge in [-0.05, 0) is 30.3 Å². The number of benzene rings is 2. The van der Waals surface area contributed by atoms with Crippen molar-refractivity contribution in [2.75, 3.05) is 5.75 Å². The number of aromatic nitrogens is 2. The van der Waals surface area contributed by atoms with E-state index in [1.54, 1.807) is 42.5 Å². The molecule has 0 radical (unpaired) electrons. The van der Waals surface area contributed by atoms with E-state index < -0.39 is 11.8 Å².